The van der Waals surface area contributed by atoms with Crippen molar-refractivity contribution in [1.82, 2.24) is 10.6 Å². The monoisotopic (exact) mass is 382 g/mol. The van der Waals surface area contributed by atoms with Crippen molar-refractivity contribution >= 4 is 17.6 Å². The minimum absolute atomic E-state index is 0.0389. The van der Waals surface area contributed by atoms with Gasteiger partial charge in [-0.25, -0.2) is 0 Å². The Morgan fingerprint density at radius 1 is 0.828 bits per heavy atom. The number of hydrogen-bond acceptors (Lipinski definition) is 2. The highest BCUT2D eigenvalue weighted by atomic mass is 16.1. The van der Waals surface area contributed by atoms with Crippen molar-refractivity contribution in [3.05, 3.63) is 95.1 Å². The van der Waals surface area contributed by atoms with E-state index in [-0.39, 0.29) is 5.91 Å². The molecule has 0 saturated carbocycles. The smallest absolute Gasteiger partial charge is 0.251 e. The number of rotatable bonds is 6. The van der Waals surface area contributed by atoms with E-state index in [9.17, 15) is 4.79 Å². The van der Waals surface area contributed by atoms with Crippen LogP contribution in [0.4, 0.5) is 0 Å². The van der Waals surface area contributed by atoms with Crippen molar-refractivity contribution in [1.29, 1.82) is 0 Å². The molecule has 0 spiro atoms. The standard InChI is InChI=1S/C26H26N2O/c1-18(2)27-14-15-28-26(29)20-9-7-8-19(16-20)17-25-23-12-5-3-10-21(23)22-11-4-6-13-24(22)25/h3-13,16-18,27H,14-15H2,1-2H3,(H,28,29). The molecule has 1 aliphatic rings. The molecule has 0 aliphatic heterocycles. The second-order valence-corrected chi connectivity index (χ2v) is 7.64. The lowest BCUT2D eigenvalue weighted by atomic mass is 10.00. The summed E-state index contributed by atoms with van der Waals surface area (Å²) in [6.07, 6.45) is 2.18. The number of fused-ring (bicyclic) bond motifs is 3. The predicted molar refractivity (Wildman–Crippen MR) is 121 cm³/mol. The van der Waals surface area contributed by atoms with E-state index in [1.54, 1.807) is 0 Å². The van der Waals surface area contributed by atoms with Crippen LogP contribution in [0.2, 0.25) is 0 Å². The maximum Gasteiger partial charge on any atom is 0.251 e. The molecule has 0 fully saturated rings. The van der Waals surface area contributed by atoms with E-state index >= 15 is 0 Å². The Bertz CT molecular complexity index is 1020. The molecular formula is C26H26N2O. The van der Waals surface area contributed by atoms with Gasteiger partial charge in [-0.1, -0.05) is 74.5 Å². The van der Waals surface area contributed by atoms with Gasteiger partial charge in [0.1, 0.15) is 0 Å². The van der Waals surface area contributed by atoms with Gasteiger partial charge in [0.05, 0.1) is 0 Å². The second-order valence-electron chi connectivity index (χ2n) is 7.64. The quantitative estimate of drug-likeness (QED) is 0.462. The van der Waals surface area contributed by atoms with Crippen molar-refractivity contribution in [3.63, 3.8) is 0 Å². The molecule has 3 aromatic carbocycles. The fourth-order valence-electron chi connectivity index (χ4n) is 3.78. The maximum absolute atomic E-state index is 12.5. The number of carbonyl (C=O) groups is 1. The average Bonchev–Trinajstić information content (AvgIpc) is 3.05. The number of benzene rings is 3. The van der Waals surface area contributed by atoms with Crippen LogP contribution < -0.4 is 10.6 Å². The first-order chi connectivity index (χ1) is 14.1. The third kappa shape index (κ3) is 4.15. The van der Waals surface area contributed by atoms with Gasteiger partial charge in [0.2, 0.25) is 0 Å². The zero-order chi connectivity index (χ0) is 20.2. The van der Waals surface area contributed by atoms with Crippen molar-refractivity contribution < 1.29 is 4.79 Å². The lowest BCUT2D eigenvalue weighted by Gasteiger charge is -2.09. The van der Waals surface area contributed by atoms with E-state index in [0.717, 1.165) is 12.1 Å². The minimum atomic E-state index is -0.0389. The molecule has 0 radical (unpaired) electrons. The molecule has 0 bridgehead atoms. The van der Waals surface area contributed by atoms with E-state index in [1.165, 1.54) is 27.8 Å². The van der Waals surface area contributed by atoms with Crippen LogP contribution >= 0.6 is 0 Å². The Labute approximate surface area is 172 Å². The van der Waals surface area contributed by atoms with Gasteiger partial charge in [-0.2, -0.15) is 0 Å². The number of nitrogens with one attached hydrogen (secondary N) is 2. The van der Waals surface area contributed by atoms with Crippen LogP contribution in [0.15, 0.2) is 72.8 Å². The Morgan fingerprint density at radius 2 is 1.45 bits per heavy atom. The zero-order valence-corrected chi connectivity index (χ0v) is 16.9. The molecule has 0 heterocycles. The normalized spacial score (nSPS) is 11.9. The van der Waals surface area contributed by atoms with E-state index in [2.05, 4.69) is 79.1 Å². The molecule has 0 atom stereocenters. The van der Waals surface area contributed by atoms with Crippen molar-refractivity contribution in [3.8, 4) is 11.1 Å². The third-order valence-corrected chi connectivity index (χ3v) is 5.15. The molecule has 1 amide bonds. The van der Waals surface area contributed by atoms with Gasteiger partial charge >= 0.3 is 0 Å². The summed E-state index contributed by atoms with van der Waals surface area (Å²) >= 11 is 0. The molecule has 3 heteroatoms. The number of hydrogen-bond donors (Lipinski definition) is 2. The third-order valence-electron chi connectivity index (χ3n) is 5.15. The molecule has 4 rings (SSSR count). The molecular weight excluding hydrogens is 356 g/mol. The van der Waals surface area contributed by atoms with E-state index in [4.69, 9.17) is 0 Å². The molecule has 3 nitrogen and oxygen atoms in total. The Morgan fingerprint density at radius 3 is 2.07 bits per heavy atom. The Kier molecular flexibility index (Phi) is 5.59. The summed E-state index contributed by atoms with van der Waals surface area (Å²) in [5, 5.41) is 6.29. The summed E-state index contributed by atoms with van der Waals surface area (Å²) in [5.74, 6) is -0.0389. The van der Waals surface area contributed by atoms with Crippen LogP contribution in [-0.4, -0.2) is 25.0 Å². The zero-order valence-electron chi connectivity index (χ0n) is 16.9. The van der Waals surface area contributed by atoms with Crippen molar-refractivity contribution in [2.24, 2.45) is 0 Å². The van der Waals surface area contributed by atoms with Gasteiger partial charge in [-0.3, -0.25) is 4.79 Å². The first-order valence-electron chi connectivity index (χ1n) is 10.2. The van der Waals surface area contributed by atoms with Crippen LogP contribution in [0.1, 0.15) is 40.9 Å². The second kappa shape index (κ2) is 8.46. The number of amides is 1. The highest BCUT2D eigenvalue weighted by Crippen LogP contribution is 2.44. The predicted octanol–water partition coefficient (Wildman–Crippen LogP) is 4.98. The molecule has 0 saturated heterocycles. The van der Waals surface area contributed by atoms with Crippen LogP contribution in [0.25, 0.3) is 22.8 Å². The van der Waals surface area contributed by atoms with Crippen LogP contribution in [0.5, 0.6) is 0 Å². The van der Waals surface area contributed by atoms with Crippen LogP contribution in [0, 0.1) is 0 Å². The largest absolute Gasteiger partial charge is 0.351 e. The first-order valence-corrected chi connectivity index (χ1v) is 10.2. The Hall–Kier alpha value is -3.17. The van der Waals surface area contributed by atoms with Gasteiger partial charge in [0, 0.05) is 24.7 Å². The highest BCUT2D eigenvalue weighted by Gasteiger charge is 2.22. The Balaban J connectivity index is 1.59. The highest BCUT2D eigenvalue weighted by molar-refractivity contribution is 6.06. The summed E-state index contributed by atoms with van der Waals surface area (Å²) in [7, 11) is 0. The minimum Gasteiger partial charge on any atom is -0.351 e. The lowest BCUT2D eigenvalue weighted by Crippen LogP contribution is -2.34. The first kappa shape index (κ1) is 19.2. The molecule has 2 N–H and O–H groups in total. The summed E-state index contributed by atoms with van der Waals surface area (Å²) in [6, 6.07) is 25.2. The van der Waals surface area contributed by atoms with E-state index < -0.39 is 0 Å². The van der Waals surface area contributed by atoms with Crippen molar-refractivity contribution in [2.75, 3.05) is 13.1 Å². The SMILES string of the molecule is CC(C)NCCNC(=O)c1cccc(C=C2c3ccccc3-c3ccccc32)c1. The summed E-state index contributed by atoms with van der Waals surface area (Å²) in [6.45, 7) is 5.57. The van der Waals surface area contributed by atoms with Gasteiger partial charge < -0.3 is 10.6 Å². The van der Waals surface area contributed by atoms with Gasteiger partial charge in [-0.05, 0) is 51.6 Å². The number of carbonyl (C=O) groups excluding carboxylic acids is 1. The van der Waals surface area contributed by atoms with E-state index in [0.29, 0.717) is 18.2 Å². The van der Waals surface area contributed by atoms with Crippen LogP contribution in [-0.2, 0) is 0 Å². The fourth-order valence-corrected chi connectivity index (χ4v) is 3.78. The summed E-state index contributed by atoms with van der Waals surface area (Å²) in [5.41, 5.74) is 7.92. The van der Waals surface area contributed by atoms with Gasteiger partial charge in [-0.15, -0.1) is 0 Å². The summed E-state index contributed by atoms with van der Waals surface area (Å²) < 4.78 is 0. The molecule has 3 aromatic rings. The van der Waals surface area contributed by atoms with Crippen molar-refractivity contribution in [2.45, 2.75) is 19.9 Å². The summed E-state index contributed by atoms with van der Waals surface area (Å²) in [4.78, 5) is 12.5. The lowest BCUT2D eigenvalue weighted by molar-refractivity contribution is 0.0953. The molecule has 0 unspecified atom stereocenters. The molecule has 29 heavy (non-hydrogen) atoms. The average molecular weight is 383 g/mol. The van der Waals surface area contributed by atoms with Gasteiger partial charge in [0.25, 0.3) is 5.91 Å². The maximum atomic E-state index is 12.5. The van der Waals surface area contributed by atoms with E-state index in [1.807, 2.05) is 24.3 Å². The molecule has 0 aromatic heterocycles. The topological polar surface area (TPSA) is 41.1 Å². The van der Waals surface area contributed by atoms with Crippen LogP contribution in [0.3, 0.4) is 0 Å². The molecule has 1 aliphatic carbocycles. The molecule has 146 valence electrons. The van der Waals surface area contributed by atoms with Gasteiger partial charge in [0.15, 0.2) is 0 Å². The fraction of sp³-hybridized carbons (Fsp3) is 0.192.